The second-order valence-electron chi connectivity index (χ2n) is 5.76. The number of halogens is 2. The van der Waals surface area contributed by atoms with Crippen molar-refractivity contribution in [1.82, 2.24) is 5.32 Å². The Morgan fingerprint density at radius 3 is 2.13 bits per heavy atom. The highest BCUT2D eigenvalue weighted by atomic mass is 19.1. The number of benzene rings is 2. The van der Waals surface area contributed by atoms with E-state index in [1.54, 1.807) is 0 Å². The number of hydrogen-bond acceptors (Lipinski definition) is 7. The normalized spacial score (nSPS) is 11.2. The maximum Gasteiger partial charge on any atom is 0.407 e. The number of carbonyl (C=O) groups is 3. The van der Waals surface area contributed by atoms with Crippen molar-refractivity contribution in [3.8, 4) is 17.2 Å². The third kappa shape index (κ3) is 6.73. The van der Waals surface area contributed by atoms with Crippen LogP contribution in [0, 0.1) is 11.6 Å². The molecule has 0 heterocycles. The summed E-state index contributed by atoms with van der Waals surface area (Å²) in [6, 6.07) is 7.31. The van der Waals surface area contributed by atoms with Crippen molar-refractivity contribution in [3.63, 3.8) is 0 Å². The summed E-state index contributed by atoms with van der Waals surface area (Å²) < 4.78 is 46.3. The Hall–Kier alpha value is -3.69. The van der Waals surface area contributed by atoms with E-state index in [2.05, 4.69) is 14.8 Å². The molecule has 0 fully saturated rings. The molecule has 0 aliphatic heterocycles. The second-order valence-corrected chi connectivity index (χ2v) is 5.76. The molecule has 2 rings (SSSR count). The molecule has 0 saturated carbocycles. The van der Waals surface area contributed by atoms with Gasteiger partial charge in [0.1, 0.15) is 41.5 Å². The number of carbonyl (C=O) groups excluding carboxylic acids is 3. The van der Waals surface area contributed by atoms with Crippen LogP contribution in [0.3, 0.4) is 0 Å². The first-order valence-corrected chi connectivity index (χ1v) is 8.74. The predicted molar refractivity (Wildman–Crippen MR) is 99.3 cm³/mol. The van der Waals surface area contributed by atoms with Crippen LogP contribution in [-0.2, 0) is 19.1 Å². The molecule has 1 N–H and O–H groups in total. The van der Waals surface area contributed by atoms with Gasteiger partial charge in [-0.1, -0.05) is 0 Å². The fraction of sp³-hybridized carbons (Fsp3) is 0.250. The molecule has 8 nitrogen and oxygen atoms in total. The molecule has 2 aromatic carbocycles. The van der Waals surface area contributed by atoms with Crippen molar-refractivity contribution >= 4 is 17.8 Å². The van der Waals surface area contributed by atoms with Gasteiger partial charge in [0.25, 0.3) is 5.78 Å². The molecule has 1 unspecified atom stereocenters. The van der Waals surface area contributed by atoms with Gasteiger partial charge < -0.3 is 24.3 Å². The minimum atomic E-state index is -1.33. The summed E-state index contributed by atoms with van der Waals surface area (Å²) in [5, 5.41) is 2.20. The molecule has 0 aliphatic rings. The molecule has 160 valence electrons. The summed E-state index contributed by atoms with van der Waals surface area (Å²) in [6.45, 7) is 1.15. The number of rotatable bonds is 9. The molecule has 1 atom stereocenters. The van der Waals surface area contributed by atoms with E-state index in [0.717, 1.165) is 25.3 Å². The molecule has 0 saturated heterocycles. The smallest absolute Gasteiger partial charge is 0.407 e. The Bertz CT molecular complexity index is 882. The SMILES string of the molecule is CCOC(=O)C(=O)C(COc1ccc(Oc2cc(F)cc(F)c2)cc1)NC(=O)OC. The summed E-state index contributed by atoms with van der Waals surface area (Å²) >= 11 is 0. The highest BCUT2D eigenvalue weighted by molar-refractivity contribution is 6.36. The van der Waals surface area contributed by atoms with Gasteiger partial charge in [-0.15, -0.1) is 0 Å². The number of Topliss-reactive ketones (excluding diaryl/α,β-unsaturated/α-hetero) is 1. The van der Waals surface area contributed by atoms with Gasteiger partial charge in [-0.05, 0) is 31.2 Å². The molecule has 0 bridgehead atoms. The fourth-order valence-electron chi connectivity index (χ4n) is 2.24. The molecular weight excluding hydrogens is 404 g/mol. The monoisotopic (exact) mass is 423 g/mol. The lowest BCUT2D eigenvalue weighted by Gasteiger charge is -2.17. The van der Waals surface area contributed by atoms with Crippen LogP contribution in [0.1, 0.15) is 6.92 Å². The highest BCUT2D eigenvalue weighted by Crippen LogP contribution is 2.25. The van der Waals surface area contributed by atoms with Crippen LogP contribution >= 0.6 is 0 Å². The number of amides is 1. The van der Waals surface area contributed by atoms with Crippen molar-refractivity contribution in [2.45, 2.75) is 13.0 Å². The molecular formula is C20H19F2NO7. The average molecular weight is 423 g/mol. The van der Waals surface area contributed by atoms with Gasteiger partial charge in [0.15, 0.2) is 0 Å². The summed E-state index contributed by atoms with van der Waals surface area (Å²) in [4.78, 5) is 35.2. The van der Waals surface area contributed by atoms with E-state index in [-0.39, 0.29) is 30.5 Å². The number of nitrogens with one attached hydrogen (secondary N) is 1. The van der Waals surface area contributed by atoms with Crippen LogP contribution in [-0.4, -0.2) is 44.2 Å². The van der Waals surface area contributed by atoms with Gasteiger partial charge >= 0.3 is 12.1 Å². The number of methoxy groups -OCH3 is 1. The first kappa shape index (κ1) is 22.6. The third-order valence-corrected chi connectivity index (χ3v) is 3.58. The number of ketones is 1. The van der Waals surface area contributed by atoms with E-state index in [4.69, 9.17) is 9.47 Å². The Kier molecular flexibility index (Phi) is 8.09. The van der Waals surface area contributed by atoms with Crippen molar-refractivity contribution < 1.29 is 42.1 Å². The number of esters is 1. The predicted octanol–water partition coefficient (Wildman–Crippen LogP) is 2.99. The van der Waals surface area contributed by atoms with Gasteiger partial charge in [-0.2, -0.15) is 0 Å². The summed E-state index contributed by atoms with van der Waals surface area (Å²) in [7, 11) is 1.10. The quantitative estimate of drug-likeness (QED) is 0.489. The molecule has 1 amide bonds. The molecule has 0 aromatic heterocycles. The molecule has 0 aliphatic carbocycles. The largest absolute Gasteiger partial charge is 0.491 e. The number of ether oxygens (including phenoxy) is 4. The van der Waals surface area contributed by atoms with Crippen molar-refractivity contribution in [1.29, 1.82) is 0 Å². The van der Waals surface area contributed by atoms with Gasteiger partial charge in [-0.3, -0.25) is 4.79 Å². The van der Waals surface area contributed by atoms with Gasteiger partial charge in [0.2, 0.25) is 0 Å². The van der Waals surface area contributed by atoms with E-state index < -0.39 is 35.5 Å². The minimum Gasteiger partial charge on any atom is -0.491 e. The standard InChI is InChI=1S/C20H19F2NO7/c1-3-28-19(25)18(24)17(23-20(26)27-2)11-29-14-4-6-15(7-5-14)30-16-9-12(21)8-13(22)10-16/h4-10,17H,3,11H2,1-2H3,(H,23,26). The zero-order chi connectivity index (χ0) is 22.1. The Morgan fingerprint density at radius 1 is 0.967 bits per heavy atom. The van der Waals surface area contributed by atoms with Crippen molar-refractivity contribution in [2.24, 2.45) is 0 Å². The molecule has 0 radical (unpaired) electrons. The Balaban J connectivity index is 2.01. The number of alkyl carbamates (subject to hydrolysis) is 1. The van der Waals surface area contributed by atoms with Crippen LogP contribution < -0.4 is 14.8 Å². The van der Waals surface area contributed by atoms with Crippen molar-refractivity contribution in [2.75, 3.05) is 20.3 Å². The molecule has 0 spiro atoms. The minimum absolute atomic E-state index is 0.00689. The van der Waals surface area contributed by atoms with E-state index >= 15 is 0 Å². The summed E-state index contributed by atoms with van der Waals surface area (Å²) in [6.07, 6.45) is -0.924. The highest BCUT2D eigenvalue weighted by Gasteiger charge is 2.29. The third-order valence-electron chi connectivity index (χ3n) is 3.58. The summed E-state index contributed by atoms with van der Waals surface area (Å²) in [5.41, 5.74) is 0. The van der Waals surface area contributed by atoms with Crippen LogP contribution in [0.2, 0.25) is 0 Å². The van der Waals surface area contributed by atoms with Gasteiger partial charge in [-0.25, -0.2) is 18.4 Å². The van der Waals surface area contributed by atoms with E-state index in [9.17, 15) is 23.2 Å². The molecule has 30 heavy (non-hydrogen) atoms. The average Bonchev–Trinajstić information content (AvgIpc) is 2.70. The van der Waals surface area contributed by atoms with E-state index in [0.29, 0.717) is 0 Å². The zero-order valence-electron chi connectivity index (χ0n) is 16.1. The second kappa shape index (κ2) is 10.7. The van der Waals surface area contributed by atoms with E-state index in [1.165, 1.54) is 31.2 Å². The lowest BCUT2D eigenvalue weighted by Crippen LogP contribution is -2.48. The maximum atomic E-state index is 13.2. The zero-order valence-corrected chi connectivity index (χ0v) is 16.1. The molecule has 2 aromatic rings. The first-order valence-electron chi connectivity index (χ1n) is 8.74. The fourth-order valence-corrected chi connectivity index (χ4v) is 2.24. The van der Waals surface area contributed by atoms with Gasteiger partial charge in [0.05, 0.1) is 13.7 Å². The number of hydrogen-bond donors (Lipinski definition) is 1. The van der Waals surface area contributed by atoms with Gasteiger partial charge in [0, 0.05) is 18.2 Å². The first-order chi connectivity index (χ1) is 14.3. The lowest BCUT2D eigenvalue weighted by atomic mass is 10.2. The molecule has 10 heteroatoms. The van der Waals surface area contributed by atoms with Crippen LogP contribution in [0.4, 0.5) is 13.6 Å². The Morgan fingerprint density at radius 2 is 1.57 bits per heavy atom. The maximum absolute atomic E-state index is 13.2. The summed E-state index contributed by atoms with van der Waals surface area (Å²) in [5.74, 6) is -3.14. The van der Waals surface area contributed by atoms with Crippen molar-refractivity contribution in [3.05, 3.63) is 54.1 Å². The van der Waals surface area contributed by atoms with E-state index in [1.807, 2.05) is 0 Å². The topological polar surface area (TPSA) is 100 Å². The van der Waals surface area contributed by atoms with Crippen LogP contribution in [0.25, 0.3) is 0 Å². The van der Waals surface area contributed by atoms with Crippen LogP contribution in [0.15, 0.2) is 42.5 Å². The Labute approximate surface area is 170 Å². The van der Waals surface area contributed by atoms with Crippen LogP contribution in [0.5, 0.6) is 17.2 Å². The lowest BCUT2D eigenvalue weighted by molar-refractivity contribution is -0.154.